The summed E-state index contributed by atoms with van der Waals surface area (Å²) in [5.74, 6) is 0.422. The Morgan fingerprint density at radius 3 is 2.93 bits per heavy atom. The largest absolute Gasteiger partial charge is 0.423 e. The van der Waals surface area contributed by atoms with Crippen LogP contribution in [0.25, 0.3) is 11.3 Å². The number of hydrogen-bond donors (Lipinski definition) is 1. The van der Waals surface area contributed by atoms with Gasteiger partial charge in [0.05, 0.1) is 0 Å². The van der Waals surface area contributed by atoms with Gasteiger partial charge >= 0.3 is 0 Å². The predicted molar refractivity (Wildman–Crippen MR) is 56.5 cm³/mol. The number of rotatable bonds is 2. The summed E-state index contributed by atoms with van der Waals surface area (Å²) in [6.45, 7) is 1.96. The number of nitrogens with zero attached hydrogens (tertiary/aromatic N) is 1. The van der Waals surface area contributed by atoms with Gasteiger partial charge < -0.3 is 10.2 Å². The van der Waals surface area contributed by atoms with Gasteiger partial charge in [0, 0.05) is 5.56 Å². The maximum Gasteiger partial charge on any atom is 0.293 e. The fourth-order valence-corrected chi connectivity index (χ4v) is 1.42. The second kappa shape index (κ2) is 3.57. The van der Waals surface area contributed by atoms with Gasteiger partial charge in [-0.3, -0.25) is 4.79 Å². The Bertz CT molecular complexity index is 503. The zero-order chi connectivity index (χ0) is 10.8. The Hall–Kier alpha value is -2.10. The van der Waals surface area contributed by atoms with Gasteiger partial charge in [-0.25, -0.2) is 0 Å². The van der Waals surface area contributed by atoms with Gasteiger partial charge in [0.2, 0.25) is 0 Å². The van der Waals surface area contributed by atoms with E-state index in [0.29, 0.717) is 12.0 Å². The van der Waals surface area contributed by atoms with Crippen molar-refractivity contribution in [3.05, 3.63) is 35.5 Å². The molecule has 0 spiro atoms. The van der Waals surface area contributed by atoms with Crippen LogP contribution in [-0.4, -0.2) is 11.3 Å². The minimum absolute atomic E-state index is 0.00797. The van der Waals surface area contributed by atoms with Gasteiger partial charge in [-0.2, -0.15) is 4.98 Å². The van der Waals surface area contributed by atoms with Crippen LogP contribution >= 0.6 is 0 Å². The highest BCUT2D eigenvalue weighted by Crippen LogP contribution is 2.25. The first-order chi connectivity index (χ1) is 7.20. The summed E-state index contributed by atoms with van der Waals surface area (Å²) in [6.07, 6.45) is 0.636. The quantitative estimate of drug-likeness (QED) is 0.756. The van der Waals surface area contributed by atoms with Crippen molar-refractivity contribution in [2.24, 2.45) is 0 Å². The minimum Gasteiger partial charge on any atom is -0.423 e. The van der Waals surface area contributed by atoms with Crippen LogP contribution in [-0.2, 0) is 0 Å². The predicted octanol–water partition coefficient (Wildman–Crippen LogP) is 2.04. The van der Waals surface area contributed by atoms with Crippen molar-refractivity contribution < 1.29 is 9.21 Å². The van der Waals surface area contributed by atoms with Crippen molar-refractivity contribution in [1.82, 2.24) is 4.98 Å². The van der Waals surface area contributed by atoms with Gasteiger partial charge in [-0.1, -0.05) is 23.8 Å². The molecule has 0 bridgehead atoms. The van der Waals surface area contributed by atoms with Crippen LogP contribution in [0.1, 0.15) is 16.1 Å². The molecule has 0 saturated carbocycles. The average Bonchev–Trinajstić information content (AvgIpc) is 2.59. The number of hydrogen-bond acceptors (Lipinski definition) is 4. The number of aldehydes is 1. The molecule has 0 radical (unpaired) electrons. The summed E-state index contributed by atoms with van der Waals surface area (Å²) in [7, 11) is 0. The highest BCUT2D eigenvalue weighted by atomic mass is 16.4. The highest BCUT2D eigenvalue weighted by molar-refractivity contribution is 5.83. The Morgan fingerprint density at radius 2 is 2.27 bits per heavy atom. The smallest absolute Gasteiger partial charge is 0.293 e. The van der Waals surface area contributed by atoms with E-state index in [9.17, 15) is 4.79 Å². The van der Waals surface area contributed by atoms with E-state index in [0.717, 1.165) is 11.1 Å². The molecule has 2 N–H and O–H groups in total. The molecule has 2 rings (SSSR count). The lowest BCUT2D eigenvalue weighted by atomic mass is 10.1. The second-order valence-electron chi connectivity index (χ2n) is 3.25. The van der Waals surface area contributed by atoms with Crippen LogP contribution < -0.4 is 5.73 Å². The molecule has 0 fully saturated rings. The zero-order valence-electron chi connectivity index (χ0n) is 8.23. The zero-order valence-corrected chi connectivity index (χ0v) is 8.23. The van der Waals surface area contributed by atoms with E-state index in [1.165, 1.54) is 0 Å². The molecule has 4 heteroatoms. The molecule has 0 unspecified atom stereocenters. The first kappa shape index (κ1) is 9.45. The van der Waals surface area contributed by atoms with Gasteiger partial charge in [0.15, 0.2) is 17.7 Å². The number of aryl methyl sites for hydroxylation is 1. The lowest BCUT2D eigenvalue weighted by Gasteiger charge is -1.98. The van der Waals surface area contributed by atoms with Crippen LogP contribution in [0.4, 0.5) is 6.01 Å². The lowest BCUT2D eigenvalue weighted by Crippen LogP contribution is -1.86. The third-order valence-electron chi connectivity index (χ3n) is 2.06. The molecule has 0 amide bonds. The summed E-state index contributed by atoms with van der Waals surface area (Å²) in [6, 6.07) is 7.61. The molecule has 0 atom stereocenters. The molecule has 1 aromatic heterocycles. The number of benzene rings is 1. The monoisotopic (exact) mass is 202 g/mol. The number of nitrogens with two attached hydrogens (primary N) is 1. The first-order valence-electron chi connectivity index (χ1n) is 4.49. The van der Waals surface area contributed by atoms with Crippen LogP contribution in [0.2, 0.25) is 0 Å². The van der Waals surface area contributed by atoms with Gasteiger partial charge in [-0.05, 0) is 13.0 Å². The van der Waals surface area contributed by atoms with Crippen molar-refractivity contribution >= 4 is 12.3 Å². The summed E-state index contributed by atoms with van der Waals surface area (Å²) < 4.78 is 5.18. The van der Waals surface area contributed by atoms with Crippen molar-refractivity contribution in [2.75, 3.05) is 5.73 Å². The van der Waals surface area contributed by atoms with Crippen molar-refractivity contribution in [3.63, 3.8) is 0 Å². The van der Waals surface area contributed by atoms with Gasteiger partial charge in [0.25, 0.3) is 6.01 Å². The lowest BCUT2D eigenvalue weighted by molar-refractivity contribution is 0.112. The summed E-state index contributed by atoms with van der Waals surface area (Å²) in [4.78, 5) is 14.5. The average molecular weight is 202 g/mol. The molecule has 0 aliphatic rings. The van der Waals surface area contributed by atoms with E-state index >= 15 is 0 Å². The van der Waals surface area contributed by atoms with E-state index in [2.05, 4.69) is 4.98 Å². The summed E-state index contributed by atoms with van der Waals surface area (Å²) >= 11 is 0. The van der Waals surface area contributed by atoms with Crippen molar-refractivity contribution in [2.45, 2.75) is 6.92 Å². The number of oxazole rings is 1. The molecule has 15 heavy (non-hydrogen) atoms. The topological polar surface area (TPSA) is 69.1 Å². The number of carbonyl (C=O) groups excluding carboxylic acids is 1. The normalized spacial score (nSPS) is 10.2. The first-order valence-corrected chi connectivity index (χ1v) is 4.49. The van der Waals surface area contributed by atoms with Crippen LogP contribution in [0.5, 0.6) is 0 Å². The number of anilines is 1. The molecule has 76 valence electrons. The molecule has 0 aliphatic heterocycles. The number of aromatic nitrogens is 1. The summed E-state index contributed by atoms with van der Waals surface area (Å²) in [5, 5.41) is 0. The third kappa shape index (κ3) is 1.74. The molecular formula is C11H10N2O2. The van der Waals surface area contributed by atoms with Crippen molar-refractivity contribution in [1.29, 1.82) is 0 Å². The minimum atomic E-state index is 0.00797. The van der Waals surface area contributed by atoms with E-state index in [1.54, 1.807) is 0 Å². The van der Waals surface area contributed by atoms with Crippen LogP contribution in [0, 0.1) is 6.92 Å². The Kier molecular flexibility index (Phi) is 2.25. The maximum atomic E-state index is 10.7. The molecule has 4 nitrogen and oxygen atoms in total. The Labute approximate surface area is 86.7 Å². The SMILES string of the molecule is Cc1cccc(-c2oc(N)nc2C=O)c1. The fourth-order valence-electron chi connectivity index (χ4n) is 1.42. The van der Waals surface area contributed by atoms with Gasteiger partial charge in [0.1, 0.15) is 0 Å². The molecule has 0 saturated heterocycles. The van der Waals surface area contributed by atoms with E-state index in [-0.39, 0.29) is 11.7 Å². The van der Waals surface area contributed by atoms with Gasteiger partial charge in [-0.15, -0.1) is 0 Å². The summed E-state index contributed by atoms with van der Waals surface area (Å²) in [5.41, 5.74) is 7.52. The number of nitrogen functional groups attached to an aromatic ring is 1. The maximum absolute atomic E-state index is 10.7. The third-order valence-corrected chi connectivity index (χ3v) is 2.06. The van der Waals surface area contributed by atoms with Crippen LogP contribution in [0.3, 0.4) is 0 Å². The second-order valence-corrected chi connectivity index (χ2v) is 3.25. The van der Waals surface area contributed by atoms with E-state index in [4.69, 9.17) is 10.2 Å². The fraction of sp³-hybridized carbons (Fsp3) is 0.0909. The Morgan fingerprint density at radius 1 is 1.47 bits per heavy atom. The molecule has 2 aromatic rings. The van der Waals surface area contributed by atoms with E-state index < -0.39 is 0 Å². The van der Waals surface area contributed by atoms with Crippen LogP contribution in [0.15, 0.2) is 28.7 Å². The molecular weight excluding hydrogens is 192 g/mol. The molecule has 1 aromatic carbocycles. The standard InChI is InChI=1S/C11H10N2O2/c1-7-3-2-4-8(5-7)10-9(6-14)13-11(12)15-10/h2-6H,1H3,(H2,12,13). The molecule has 0 aliphatic carbocycles. The highest BCUT2D eigenvalue weighted by Gasteiger charge is 2.12. The molecule has 1 heterocycles. The van der Waals surface area contributed by atoms with E-state index in [1.807, 2.05) is 31.2 Å². The number of carbonyl (C=O) groups is 1. The van der Waals surface area contributed by atoms with Crippen molar-refractivity contribution in [3.8, 4) is 11.3 Å². The Balaban J connectivity index is 2.57.